The number of sulfone groups is 1. The van der Waals surface area contributed by atoms with Crippen molar-refractivity contribution < 1.29 is 8.42 Å². The van der Waals surface area contributed by atoms with Gasteiger partial charge in [-0.25, -0.2) is 8.42 Å². The highest BCUT2D eigenvalue weighted by molar-refractivity contribution is 7.91. The third-order valence-electron chi connectivity index (χ3n) is 3.78. The molecule has 17 heavy (non-hydrogen) atoms. The summed E-state index contributed by atoms with van der Waals surface area (Å²) < 4.78 is 24.0. The summed E-state index contributed by atoms with van der Waals surface area (Å²) in [5, 5.41) is 3.21. The fourth-order valence-corrected chi connectivity index (χ4v) is 4.57. The van der Waals surface area contributed by atoms with Crippen LogP contribution in [0.15, 0.2) is 0 Å². The van der Waals surface area contributed by atoms with Gasteiger partial charge in [-0.2, -0.15) is 0 Å². The predicted octanol–water partition coefficient (Wildman–Crippen LogP) is 2.23. The molecule has 1 fully saturated rings. The lowest BCUT2D eigenvalue weighted by molar-refractivity contribution is 0.403. The van der Waals surface area contributed by atoms with Crippen molar-refractivity contribution in [3.63, 3.8) is 0 Å². The molecule has 3 nitrogen and oxygen atoms in total. The van der Waals surface area contributed by atoms with Crippen LogP contribution >= 0.6 is 0 Å². The van der Waals surface area contributed by atoms with Crippen molar-refractivity contribution in [2.75, 3.05) is 18.6 Å². The Balaban J connectivity index is 2.48. The maximum absolute atomic E-state index is 12.0. The molecule has 0 heterocycles. The molecule has 0 aliphatic heterocycles. The number of hydrogen-bond donors (Lipinski definition) is 1. The average Bonchev–Trinajstić information content (AvgIpc) is 2.77. The van der Waals surface area contributed by atoms with Gasteiger partial charge < -0.3 is 5.32 Å². The fourth-order valence-electron chi connectivity index (χ4n) is 2.59. The Morgan fingerprint density at radius 1 is 1.24 bits per heavy atom. The van der Waals surface area contributed by atoms with Gasteiger partial charge in [-0.15, -0.1) is 0 Å². The van der Waals surface area contributed by atoms with Gasteiger partial charge >= 0.3 is 0 Å². The van der Waals surface area contributed by atoms with Crippen LogP contribution in [0, 0.1) is 11.8 Å². The molecular formula is C13H27NO2S. The van der Waals surface area contributed by atoms with E-state index in [1.165, 1.54) is 25.7 Å². The van der Waals surface area contributed by atoms with Crippen molar-refractivity contribution in [2.45, 2.75) is 52.0 Å². The molecule has 1 rings (SSSR count). The minimum absolute atomic E-state index is 0.162. The molecule has 4 heteroatoms. The van der Waals surface area contributed by atoms with Crippen LogP contribution in [0.4, 0.5) is 0 Å². The first kappa shape index (κ1) is 15.0. The number of rotatable bonds is 7. The molecule has 1 unspecified atom stereocenters. The van der Waals surface area contributed by atoms with Crippen LogP contribution in [0.3, 0.4) is 0 Å². The first-order valence-electron chi connectivity index (χ1n) is 6.82. The predicted molar refractivity (Wildman–Crippen MR) is 72.9 cm³/mol. The molecule has 1 aliphatic rings. The van der Waals surface area contributed by atoms with E-state index in [1.54, 1.807) is 0 Å². The first-order valence-corrected chi connectivity index (χ1v) is 8.64. The van der Waals surface area contributed by atoms with Crippen LogP contribution in [-0.4, -0.2) is 33.0 Å². The van der Waals surface area contributed by atoms with E-state index in [1.807, 2.05) is 7.05 Å². The quantitative estimate of drug-likeness (QED) is 0.764. The summed E-state index contributed by atoms with van der Waals surface area (Å²) in [6, 6.07) is 0.162. The van der Waals surface area contributed by atoms with E-state index in [-0.39, 0.29) is 6.04 Å². The second-order valence-electron chi connectivity index (χ2n) is 5.74. The van der Waals surface area contributed by atoms with Gasteiger partial charge in [-0.05, 0) is 38.1 Å². The maximum atomic E-state index is 12.0. The first-order chi connectivity index (χ1) is 7.94. The zero-order valence-corrected chi connectivity index (χ0v) is 12.2. The van der Waals surface area contributed by atoms with E-state index in [4.69, 9.17) is 0 Å². The maximum Gasteiger partial charge on any atom is 0.151 e. The summed E-state index contributed by atoms with van der Waals surface area (Å²) in [6.45, 7) is 4.14. The van der Waals surface area contributed by atoms with E-state index in [0.29, 0.717) is 23.3 Å². The van der Waals surface area contributed by atoms with Crippen molar-refractivity contribution in [1.29, 1.82) is 0 Å². The Labute approximate surface area is 106 Å². The summed E-state index contributed by atoms with van der Waals surface area (Å²) in [7, 11) is -0.998. The van der Waals surface area contributed by atoms with E-state index in [2.05, 4.69) is 19.2 Å². The third kappa shape index (κ3) is 5.38. The molecular weight excluding hydrogens is 234 g/mol. The van der Waals surface area contributed by atoms with Gasteiger partial charge in [0.1, 0.15) is 0 Å². The zero-order valence-electron chi connectivity index (χ0n) is 11.4. The third-order valence-corrected chi connectivity index (χ3v) is 5.50. The Morgan fingerprint density at radius 3 is 2.29 bits per heavy atom. The Hall–Kier alpha value is -0.0900. The smallest absolute Gasteiger partial charge is 0.151 e. The zero-order chi connectivity index (χ0) is 12.9. The largest absolute Gasteiger partial charge is 0.316 e. The SMILES string of the molecule is CNC(CS(=O)(=O)CCC(C)C)C1CCCC1. The molecule has 0 aromatic rings. The Bertz CT molecular complexity index is 305. The standard InChI is InChI=1S/C13H27NO2S/c1-11(2)8-9-17(15,16)10-13(14-3)12-6-4-5-7-12/h11-14H,4-10H2,1-3H3. The van der Waals surface area contributed by atoms with Crippen LogP contribution in [0.2, 0.25) is 0 Å². The van der Waals surface area contributed by atoms with Gasteiger partial charge in [-0.3, -0.25) is 0 Å². The minimum Gasteiger partial charge on any atom is -0.316 e. The van der Waals surface area contributed by atoms with E-state index in [9.17, 15) is 8.42 Å². The van der Waals surface area contributed by atoms with Gasteiger partial charge in [0.2, 0.25) is 0 Å². The van der Waals surface area contributed by atoms with Gasteiger partial charge in [-0.1, -0.05) is 26.7 Å². The van der Waals surface area contributed by atoms with E-state index >= 15 is 0 Å². The van der Waals surface area contributed by atoms with Crippen molar-refractivity contribution >= 4 is 9.84 Å². The van der Waals surface area contributed by atoms with Crippen LogP contribution in [-0.2, 0) is 9.84 Å². The lowest BCUT2D eigenvalue weighted by Crippen LogP contribution is -2.39. The fraction of sp³-hybridized carbons (Fsp3) is 1.00. The molecule has 1 aliphatic carbocycles. The van der Waals surface area contributed by atoms with Crippen LogP contribution in [0.5, 0.6) is 0 Å². The monoisotopic (exact) mass is 261 g/mol. The molecule has 102 valence electrons. The average molecular weight is 261 g/mol. The van der Waals surface area contributed by atoms with Gasteiger partial charge in [0.15, 0.2) is 9.84 Å². The van der Waals surface area contributed by atoms with Crippen LogP contribution < -0.4 is 5.32 Å². The molecule has 0 bridgehead atoms. The summed E-state index contributed by atoms with van der Waals surface area (Å²) in [5.74, 6) is 1.69. The highest BCUT2D eigenvalue weighted by atomic mass is 32.2. The highest BCUT2D eigenvalue weighted by Crippen LogP contribution is 2.28. The molecule has 0 aromatic heterocycles. The molecule has 1 saturated carbocycles. The summed E-state index contributed by atoms with van der Waals surface area (Å²) in [5.41, 5.74) is 0. The van der Waals surface area contributed by atoms with Gasteiger partial charge in [0, 0.05) is 6.04 Å². The molecule has 0 spiro atoms. The van der Waals surface area contributed by atoms with Crippen molar-refractivity contribution in [2.24, 2.45) is 11.8 Å². The van der Waals surface area contributed by atoms with Crippen molar-refractivity contribution in [3.05, 3.63) is 0 Å². The lowest BCUT2D eigenvalue weighted by atomic mass is 10.0. The molecule has 0 amide bonds. The number of hydrogen-bond acceptors (Lipinski definition) is 3. The lowest BCUT2D eigenvalue weighted by Gasteiger charge is -2.22. The van der Waals surface area contributed by atoms with Gasteiger partial charge in [0.25, 0.3) is 0 Å². The van der Waals surface area contributed by atoms with Gasteiger partial charge in [0.05, 0.1) is 11.5 Å². The Morgan fingerprint density at radius 2 is 1.82 bits per heavy atom. The second-order valence-corrected chi connectivity index (χ2v) is 7.97. The minimum atomic E-state index is -2.89. The van der Waals surface area contributed by atoms with E-state index in [0.717, 1.165) is 6.42 Å². The number of nitrogens with one attached hydrogen (secondary N) is 1. The van der Waals surface area contributed by atoms with Crippen molar-refractivity contribution in [3.8, 4) is 0 Å². The summed E-state index contributed by atoms with van der Waals surface area (Å²) in [6.07, 6.45) is 5.67. The molecule has 0 aromatic carbocycles. The topological polar surface area (TPSA) is 46.2 Å². The molecule has 0 radical (unpaired) electrons. The van der Waals surface area contributed by atoms with Crippen molar-refractivity contribution in [1.82, 2.24) is 5.32 Å². The molecule has 1 atom stereocenters. The molecule has 0 saturated heterocycles. The second kappa shape index (κ2) is 6.74. The van der Waals surface area contributed by atoms with Crippen LogP contribution in [0.25, 0.3) is 0 Å². The summed E-state index contributed by atoms with van der Waals surface area (Å²) >= 11 is 0. The highest BCUT2D eigenvalue weighted by Gasteiger charge is 2.27. The molecule has 1 N–H and O–H groups in total. The summed E-state index contributed by atoms with van der Waals surface area (Å²) in [4.78, 5) is 0. The van der Waals surface area contributed by atoms with E-state index < -0.39 is 9.84 Å². The van der Waals surface area contributed by atoms with Crippen LogP contribution in [0.1, 0.15) is 46.0 Å². The normalized spacial score (nSPS) is 20.0. The Kier molecular flexibility index (Phi) is 5.93.